The van der Waals surface area contributed by atoms with Gasteiger partial charge in [0.2, 0.25) is 0 Å². The zero-order chi connectivity index (χ0) is 18.5. The standard InChI is InChI=1S/C21H25NO4/c1-3-18(20(23)22-13-11-16(12-14-22)21(24)25-2)26-19-10-6-8-15-7-4-5-9-17(15)19/h4-10,16,18H,3,11-14H2,1-2H3. The van der Waals surface area contributed by atoms with E-state index in [9.17, 15) is 9.59 Å². The second kappa shape index (κ2) is 8.21. The van der Waals surface area contributed by atoms with Gasteiger partial charge in [-0.2, -0.15) is 0 Å². The molecule has 138 valence electrons. The zero-order valence-electron chi connectivity index (χ0n) is 15.3. The molecule has 1 saturated heterocycles. The summed E-state index contributed by atoms with van der Waals surface area (Å²) in [5.41, 5.74) is 0. The number of piperidine rings is 1. The van der Waals surface area contributed by atoms with Crippen LogP contribution in [-0.4, -0.2) is 43.1 Å². The lowest BCUT2D eigenvalue weighted by Gasteiger charge is -2.33. The van der Waals surface area contributed by atoms with Gasteiger partial charge in [0.1, 0.15) is 5.75 Å². The molecule has 1 fully saturated rings. The molecule has 26 heavy (non-hydrogen) atoms. The average molecular weight is 355 g/mol. The van der Waals surface area contributed by atoms with Gasteiger partial charge in [0, 0.05) is 18.5 Å². The Morgan fingerprint density at radius 3 is 2.50 bits per heavy atom. The first-order chi connectivity index (χ1) is 12.6. The second-order valence-corrected chi connectivity index (χ2v) is 6.61. The summed E-state index contributed by atoms with van der Waals surface area (Å²) in [6.45, 7) is 3.08. The summed E-state index contributed by atoms with van der Waals surface area (Å²) in [6, 6.07) is 13.9. The van der Waals surface area contributed by atoms with Gasteiger partial charge in [-0.3, -0.25) is 9.59 Å². The molecule has 3 rings (SSSR count). The molecule has 1 heterocycles. The molecule has 0 spiro atoms. The Kier molecular flexibility index (Phi) is 5.76. The lowest BCUT2D eigenvalue weighted by atomic mass is 9.96. The van der Waals surface area contributed by atoms with Crippen molar-refractivity contribution < 1.29 is 19.1 Å². The number of benzene rings is 2. The van der Waals surface area contributed by atoms with Crippen molar-refractivity contribution in [1.82, 2.24) is 4.90 Å². The fourth-order valence-corrected chi connectivity index (χ4v) is 3.47. The largest absolute Gasteiger partial charge is 0.480 e. The summed E-state index contributed by atoms with van der Waals surface area (Å²) in [5.74, 6) is 0.427. The van der Waals surface area contributed by atoms with Gasteiger partial charge >= 0.3 is 5.97 Å². The van der Waals surface area contributed by atoms with Crippen molar-refractivity contribution in [3.8, 4) is 5.75 Å². The van der Waals surface area contributed by atoms with Crippen LogP contribution in [0.3, 0.4) is 0 Å². The van der Waals surface area contributed by atoms with Crippen LogP contribution in [-0.2, 0) is 14.3 Å². The normalized spacial score (nSPS) is 16.3. The van der Waals surface area contributed by atoms with Crippen LogP contribution in [0.2, 0.25) is 0 Å². The smallest absolute Gasteiger partial charge is 0.308 e. The van der Waals surface area contributed by atoms with Crippen molar-refractivity contribution in [2.24, 2.45) is 5.92 Å². The number of methoxy groups -OCH3 is 1. The Labute approximate surface area is 153 Å². The Hall–Kier alpha value is -2.56. The van der Waals surface area contributed by atoms with Crippen LogP contribution in [0.4, 0.5) is 0 Å². The van der Waals surface area contributed by atoms with Gasteiger partial charge in [-0.15, -0.1) is 0 Å². The minimum Gasteiger partial charge on any atom is -0.480 e. The molecule has 0 saturated carbocycles. The molecule has 0 aromatic heterocycles. The minimum absolute atomic E-state index is 0.0104. The van der Waals surface area contributed by atoms with Gasteiger partial charge in [-0.25, -0.2) is 0 Å². The fourth-order valence-electron chi connectivity index (χ4n) is 3.47. The number of carbonyl (C=O) groups is 2. The van der Waals surface area contributed by atoms with Crippen LogP contribution in [0.5, 0.6) is 5.75 Å². The maximum Gasteiger partial charge on any atom is 0.308 e. The number of esters is 1. The first kappa shape index (κ1) is 18.2. The molecule has 1 aliphatic heterocycles. The third-order valence-electron chi connectivity index (χ3n) is 5.01. The third kappa shape index (κ3) is 3.82. The molecule has 1 atom stereocenters. The third-order valence-corrected chi connectivity index (χ3v) is 5.01. The first-order valence-corrected chi connectivity index (χ1v) is 9.15. The van der Waals surface area contributed by atoms with Gasteiger partial charge in [0.25, 0.3) is 5.91 Å². The molecular formula is C21H25NO4. The molecule has 0 bridgehead atoms. The van der Waals surface area contributed by atoms with Crippen molar-refractivity contribution in [1.29, 1.82) is 0 Å². The summed E-state index contributed by atoms with van der Waals surface area (Å²) in [5, 5.41) is 2.09. The van der Waals surface area contributed by atoms with Crippen LogP contribution >= 0.6 is 0 Å². The molecule has 1 unspecified atom stereocenters. The number of hydrogen-bond acceptors (Lipinski definition) is 4. The lowest BCUT2D eigenvalue weighted by Crippen LogP contribution is -2.46. The summed E-state index contributed by atoms with van der Waals surface area (Å²) < 4.78 is 10.9. The summed E-state index contributed by atoms with van der Waals surface area (Å²) in [6.07, 6.45) is 1.36. The van der Waals surface area contributed by atoms with E-state index in [0.29, 0.717) is 32.4 Å². The van der Waals surface area contributed by atoms with Crippen molar-refractivity contribution in [2.45, 2.75) is 32.3 Å². The molecule has 0 radical (unpaired) electrons. The number of fused-ring (bicyclic) bond motifs is 1. The number of nitrogens with zero attached hydrogens (tertiary/aromatic N) is 1. The summed E-state index contributed by atoms with van der Waals surface area (Å²) in [4.78, 5) is 26.4. The second-order valence-electron chi connectivity index (χ2n) is 6.61. The van der Waals surface area contributed by atoms with Crippen LogP contribution in [0.15, 0.2) is 42.5 Å². The highest BCUT2D eigenvalue weighted by Crippen LogP contribution is 2.27. The minimum atomic E-state index is -0.518. The maximum atomic E-state index is 12.9. The zero-order valence-corrected chi connectivity index (χ0v) is 15.3. The molecule has 0 N–H and O–H groups in total. The van der Waals surface area contributed by atoms with Crippen molar-refractivity contribution in [2.75, 3.05) is 20.2 Å². The van der Waals surface area contributed by atoms with E-state index in [1.165, 1.54) is 7.11 Å². The van der Waals surface area contributed by atoms with E-state index in [-0.39, 0.29) is 17.8 Å². The summed E-state index contributed by atoms with van der Waals surface area (Å²) in [7, 11) is 1.41. The van der Waals surface area contributed by atoms with E-state index in [0.717, 1.165) is 16.5 Å². The highest BCUT2D eigenvalue weighted by molar-refractivity contribution is 5.89. The molecule has 0 aliphatic carbocycles. The van der Waals surface area contributed by atoms with E-state index >= 15 is 0 Å². The van der Waals surface area contributed by atoms with E-state index < -0.39 is 6.10 Å². The van der Waals surface area contributed by atoms with Gasteiger partial charge in [0.15, 0.2) is 6.10 Å². The summed E-state index contributed by atoms with van der Waals surface area (Å²) >= 11 is 0. The highest BCUT2D eigenvalue weighted by Gasteiger charge is 2.31. The number of carbonyl (C=O) groups excluding carboxylic acids is 2. The molecule has 2 aromatic carbocycles. The molecule has 5 nitrogen and oxygen atoms in total. The van der Waals surface area contributed by atoms with E-state index in [2.05, 4.69) is 0 Å². The van der Waals surface area contributed by atoms with E-state index in [4.69, 9.17) is 9.47 Å². The van der Waals surface area contributed by atoms with Crippen LogP contribution in [0.25, 0.3) is 10.8 Å². The van der Waals surface area contributed by atoms with Gasteiger partial charge in [-0.05, 0) is 30.7 Å². The van der Waals surface area contributed by atoms with E-state index in [1.807, 2.05) is 49.4 Å². The fraction of sp³-hybridized carbons (Fsp3) is 0.429. The van der Waals surface area contributed by atoms with Crippen LogP contribution in [0, 0.1) is 5.92 Å². The van der Waals surface area contributed by atoms with Crippen molar-refractivity contribution >= 4 is 22.6 Å². The van der Waals surface area contributed by atoms with Crippen molar-refractivity contribution in [3.05, 3.63) is 42.5 Å². The molecule has 2 aromatic rings. The molecule has 1 aliphatic rings. The average Bonchev–Trinajstić information content (AvgIpc) is 2.71. The number of likely N-dealkylation sites (tertiary alicyclic amines) is 1. The number of hydrogen-bond donors (Lipinski definition) is 0. The Morgan fingerprint density at radius 1 is 1.12 bits per heavy atom. The molecule has 5 heteroatoms. The van der Waals surface area contributed by atoms with Crippen LogP contribution < -0.4 is 4.74 Å². The predicted octanol–water partition coefficient (Wildman–Crippen LogP) is 3.41. The maximum absolute atomic E-state index is 12.9. The van der Waals surface area contributed by atoms with Gasteiger partial charge in [-0.1, -0.05) is 43.3 Å². The lowest BCUT2D eigenvalue weighted by molar-refractivity contribution is -0.150. The topological polar surface area (TPSA) is 55.8 Å². The number of rotatable bonds is 5. The van der Waals surface area contributed by atoms with Crippen molar-refractivity contribution in [3.63, 3.8) is 0 Å². The Morgan fingerprint density at radius 2 is 1.81 bits per heavy atom. The highest BCUT2D eigenvalue weighted by atomic mass is 16.5. The molecular weight excluding hydrogens is 330 g/mol. The monoisotopic (exact) mass is 355 g/mol. The number of amides is 1. The SMILES string of the molecule is CCC(Oc1cccc2ccccc12)C(=O)N1CCC(C(=O)OC)CC1. The van der Waals surface area contributed by atoms with Gasteiger partial charge in [0.05, 0.1) is 13.0 Å². The number of ether oxygens (including phenoxy) is 2. The Balaban J connectivity index is 1.69. The Bertz CT molecular complexity index is 775. The first-order valence-electron chi connectivity index (χ1n) is 9.15. The predicted molar refractivity (Wildman–Crippen MR) is 100.0 cm³/mol. The van der Waals surface area contributed by atoms with Gasteiger partial charge < -0.3 is 14.4 Å². The van der Waals surface area contributed by atoms with Crippen LogP contribution in [0.1, 0.15) is 26.2 Å². The molecule has 1 amide bonds. The quantitative estimate of drug-likeness (QED) is 0.771. The van der Waals surface area contributed by atoms with E-state index in [1.54, 1.807) is 4.90 Å².